The highest BCUT2D eigenvalue weighted by Gasteiger charge is 2.37. The second-order valence-corrected chi connectivity index (χ2v) is 7.36. The molecule has 2 aromatic rings. The van der Waals surface area contributed by atoms with Crippen LogP contribution in [0.3, 0.4) is 0 Å². The quantitative estimate of drug-likeness (QED) is 0.820. The molecule has 1 saturated heterocycles. The lowest BCUT2D eigenvalue weighted by molar-refractivity contribution is -0.135. The van der Waals surface area contributed by atoms with Crippen molar-refractivity contribution in [3.63, 3.8) is 0 Å². The summed E-state index contributed by atoms with van der Waals surface area (Å²) in [5, 5.41) is 2.59. The first kappa shape index (κ1) is 20.6. The molecule has 6 heteroatoms. The zero-order valence-corrected chi connectivity index (χ0v) is 17.1. The summed E-state index contributed by atoms with van der Waals surface area (Å²) in [6.45, 7) is 2.91. The van der Waals surface area contributed by atoms with Gasteiger partial charge in [-0.05, 0) is 35.7 Å². The van der Waals surface area contributed by atoms with Crippen LogP contribution in [0.15, 0.2) is 48.5 Å². The standard InChI is InChI=1S/C23H27N3O3/c1-4-17-7-5-6-8-20(17)26-15-19(13-21(26)27)23(29)25(3)14-16-9-11-18(12-10-16)22(28)24-2/h5-12,19H,4,13-15H2,1-3H3,(H,24,28)/t19-/m1/s1. The molecule has 6 nitrogen and oxygen atoms in total. The fourth-order valence-corrected chi connectivity index (χ4v) is 3.75. The van der Waals surface area contributed by atoms with Crippen molar-refractivity contribution in [3.05, 3.63) is 65.2 Å². The van der Waals surface area contributed by atoms with Gasteiger partial charge in [-0.2, -0.15) is 0 Å². The van der Waals surface area contributed by atoms with Crippen molar-refractivity contribution in [1.29, 1.82) is 0 Å². The smallest absolute Gasteiger partial charge is 0.251 e. The van der Waals surface area contributed by atoms with E-state index in [1.54, 1.807) is 36.0 Å². The second-order valence-electron chi connectivity index (χ2n) is 7.36. The van der Waals surface area contributed by atoms with Gasteiger partial charge >= 0.3 is 0 Å². The van der Waals surface area contributed by atoms with Gasteiger partial charge in [0.1, 0.15) is 0 Å². The molecule has 1 fully saturated rings. The lowest BCUT2D eigenvalue weighted by atomic mass is 10.1. The number of carbonyl (C=O) groups excluding carboxylic acids is 3. The highest BCUT2D eigenvalue weighted by molar-refractivity contribution is 6.00. The molecule has 1 N–H and O–H groups in total. The molecule has 3 rings (SSSR count). The highest BCUT2D eigenvalue weighted by atomic mass is 16.2. The van der Waals surface area contributed by atoms with Gasteiger partial charge in [0.2, 0.25) is 11.8 Å². The molecule has 0 radical (unpaired) electrons. The molecule has 0 aromatic heterocycles. The van der Waals surface area contributed by atoms with E-state index in [4.69, 9.17) is 0 Å². The maximum absolute atomic E-state index is 12.9. The molecule has 2 aromatic carbocycles. The zero-order valence-electron chi connectivity index (χ0n) is 17.1. The summed E-state index contributed by atoms with van der Waals surface area (Å²) < 4.78 is 0. The molecule has 1 atom stereocenters. The third-order valence-corrected chi connectivity index (χ3v) is 5.38. The average molecular weight is 393 g/mol. The molecule has 0 unspecified atom stereocenters. The van der Waals surface area contributed by atoms with E-state index in [1.165, 1.54) is 0 Å². The van der Waals surface area contributed by atoms with Crippen LogP contribution in [0.5, 0.6) is 0 Å². The van der Waals surface area contributed by atoms with E-state index < -0.39 is 0 Å². The monoisotopic (exact) mass is 393 g/mol. The van der Waals surface area contributed by atoms with Crippen LogP contribution in [0.25, 0.3) is 0 Å². The summed E-state index contributed by atoms with van der Waals surface area (Å²) in [5.41, 5.74) is 3.53. The van der Waals surface area contributed by atoms with Crippen LogP contribution >= 0.6 is 0 Å². The lowest BCUT2D eigenvalue weighted by Gasteiger charge is -2.22. The molecule has 152 valence electrons. The summed E-state index contributed by atoms with van der Waals surface area (Å²) in [5.74, 6) is -0.529. The molecular formula is C23H27N3O3. The van der Waals surface area contributed by atoms with E-state index in [1.807, 2.05) is 36.4 Å². The third kappa shape index (κ3) is 4.47. The number of amides is 3. The Hall–Kier alpha value is -3.15. The second kappa shape index (κ2) is 8.90. The van der Waals surface area contributed by atoms with Gasteiger partial charge in [-0.1, -0.05) is 37.3 Å². The number of nitrogens with one attached hydrogen (secondary N) is 1. The van der Waals surface area contributed by atoms with E-state index in [9.17, 15) is 14.4 Å². The Morgan fingerprint density at radius 1 is 1.14 bits per heavy atom. The maximum Gasteiger partial charge on any atom is 0.251 e. The van der Waals surface area contributed by atoms with E-state index in [2.05, 4.69) is 12.2 Å². The minimum Gasteiger partial charge on any atom is -0.355 e. The molecule has 0 aliphatic carbocycles. The first-order valence-electron chi connectivity index (χ1n) is 9.88. The van der Waals surface area contributed by atoms with Gasteiger partial charge in [0.15, 0.2) is 0 Å². The Kier molecular flexibility index (Phi) is 6.32. The van der Waals surface area contributed by atoms with Crippen molar-refractivity contribution in [2.75, 3.05) is 25.5 Å². The third-order valence-electron chi connectivity index (χ3n) is 5.38. The Labute approximate surface area is 171 Å². The van der Waals surface area contributed by atoms with Gasteiger partial charge in [0.25, 0.3) is 5.91 Å². The van der Waals surface area contributed by atoms with E-state index >= 15 is 0 Å². The highest BCUT2D eigenvalue weighted by Crippen LogP contribution is 2.29. The topological polar surface area (TPSA) is 69.7 Å². The Morgan fingerprint density at radius 2 is 1.83 bits per heavy atom. The summed E-state index contributed by atoms with van der Waals surface area (Å²) in [4.78, 5) is 40.6. The van der Waals surface area contributed by atoms with E-state index in [0.717, 1.165) is 23.2 Å². The number of aryl methyl sites for hydroxylation is 1. The molecule has 1 aliphatic rings. The van der Waals surface area contributed by atoms with Crippen LogP contribution in [0, 0.1) is 5.92 Å². The minimum absolute atomic E-state index is 0.00687. The fourth-order valence-electron chi connectivity index (χ4n) is 3.75. The maximum atomic E-state index is 12.9. The fraction of sp³-hybridized carbons (Fsp3) is 0.348. The van der Waals surface area contributed by atoms with Gasteiger partial charge in [0, 0.05) is 44.9 Å². The first-order chi connectivity index (χ1) is 13.9. The lowest BCUT2D eigenvalue weighted by Crippen LogP contribution is -2.34. The van der Waals surface area contributed by atoms with Gasteiger partial charge in [-0.25, -0.2) is 0 Å². The first-order valence-corrected chi connectivity index (χ1v) is 9.88. The number of anilines is 1. The molecule has 3 amide bonds. The molecule has 0 saturated carbocycles. The largest absolute Gasteiger partial charge is 0.355 e. The van der Waals surface area contributed by atoms with Crippen LogP contribution in [0.2, 0.25) is 0 Å². The number of hydrogen-bond donors (Lipinski definition) is 1. The van der Waals surface area contributed by atoms with Crippen LogP contribution < -0.4 is 10.2 Å². The number of rotatable bonds is 6. The summed E-state index contributed by atoms with van der Waals surface area (Å²) in [6, 6.07) is 15.0. The molecule has 29 heavy (non-hydrogen) atoms. The Balaban J connectivity index is 1.66. The number of nitrogens with zero attached hydrogens (tertiary/aromatic N) is 2. The Bertz CT molecular complexity index is 908. The van der Waals surface area contributed by atoms with Crippen LogP contribution in [0.1, 0.15) is 34.8 Å². The van der Waals surface area contributed by atoms with Gasteiger partial charge in [-0.3, -0.25) is 14.4 Å². The van der Waals surface area contributed by atoms with Gasteiger partial charge in [0.05, 0.1) is 5.92 Å². The zero-order chi connectivity index (χ0) is 21.0. The SMILES string of the molecule is CCc1ccccc1N1C[C@H](C(=O)N(C)Cc2ccc(C(=O)NC)cc2)CC1=O. The predicted octanol–water partition coefficient (Wildman–Crippen LogP) is 2.62. The van der Waals surface area contributed by atoms with Crippen LogP contribution in [-0.2, 0) is 22.6 Å². The predicted molar refractivity (Wildman–Crippen MR) is 113 cm³/mol. The molecule has 0 spiro atoms. The molecular weight excluding hydrogens is 366 g/mol. The van der Waals surface area contributed by atoms with Crippen LogP contribution in [0.4, 0.5) is 5.69 Å². The molecule has 1 aliphatic heterocycles. The minimum atomic E-state index is -0.345. The summed E-state index contributed by atoms with van der Waals surface area (Å²) >= 11 is 0. The van der Waals surface area contributed by atoms with Crippen molar-refractivity contribution in [2.45, 2.75) is 26.3 Å². The van der Waals surface area contributed by atoms with Crippen molar-refractivity contribution >= 4 is 23.4 Å². The molecule has 1 heterocycles. The van der Waals surface area contributed by atoms with Crippen molar-refractivity contribution in [3.8, 4) is 0 Å². The van der Waals surface area contributed by atoms with Crippen molar-refractivity contribution in [1.82, 2.24) is 10.2 Å². The van der Waals surface area contributed by atoms with E-state index in [-0.39, 0.29) is 30.1 Å². The van der Waals surface area contributed by atoms with Crippen LogP contribution in [-0.4, -0.2) is 43.3 Å². The van der Waals surface area contributed by atoms with Gasteiger partial charge in [-0.15, -0.1) is 0 Å². The van der Waals surface area contributed by atoms with Crippen molar-refractivity contribution in [2.24, 2.45) is 5.92 Å². The average Bonchev–Trinajstić information content (AvgIpc) is 3.14. The summed E-state index contributed by atoms with van der Waals surface area (Å²) in [7, 11) is 3.34. The Morgan fingerprint density at radius 3 is 2.48 bits per heavy atom. The van der Waals surface area contributed by atoms with Gasteiger partial charge < -0.3 is 15.1 Å². The van der Waals surface area contributed by atoms with Crippen molar-refractivity contribution < 1.29 is 14.4 Å². The number of hydrogen-bond acceptors (Lipinski definition) is 3. The molecule has 0 bridgehead atoms. The number of para-hydroxylation sites is 1. The normalized spacial score (nSPS) is 16.0. The van der Waals surface area contributed by atoms with E-state index in [0.29, 0.717) is 18.7 Å². The number of carbonyl (C=O) groups is 3. The summed E-state index contributed by atoms with van der Waals surface area (Å²) in [6.07, 6.45) is 1.07. The number of benzene rings is 2.